The molecule has 3 fully saturated rings. The summed E-state index contributed by atoms with van der Waals surface area (Å²) in [6, 6.07) is 1.62. The number of pyridine rings is 1. The number of anilines is 1. The Balaban J connectivity index is 1.23. The first-order valence-electron chi connectivity index (χ1n) is 20.7. The number of aliphatic carboxylic acids is 1. The quantitative estimate of drug-likeness (QED) is 0.173. The SMILES string of the molecule is COc1c(C)cc2c(O[C@@H]3C[C@H]4C(=O)N[C@]5(C(=O)O)C[C@@H]5/C=C\CCCCC[C@@H](NC(=O)OC5CCCC5)C(=O)N4C3)cc(-c3csc(NC(=O)C(C)C)n3)nc2c1C. The zero-order chi connectivity index (χ0) is 42.0. The molecule has 0 radical (unpaired) electrons. The van der Waals surface area contributed by atoms with Gasteiger partial charge in [-0.1, -0.05) is 38.8 Å². The van der Waals surface area contributed by atoms with Crippen molar-refractivity contribution in [3.05, 3.63) is 40.8 Å². The number of hydrogen-bond acceptors (Lipinski definition) is 11. The van der Waals surface area contributed by atoms with E-state index in [4.69, 9.17) is 19.2 Å². The number of carbonyl (C=O) groups excluding carboxylic acids is 4. The summed E-state index contributed by atoms with van der Waals surface area (Å²) >= 11 is 1.27. The Morgan fingerprint density at radius 2 is 1.78 bits per heavy atom. The molecule has 2 saturated carbocycles. The molecule has 4 heterocycles. The van der Waals surface area contributed by atoms with Gasteiger partial charge < -0.3 is 40.2 Å². The Bertz CT molecular complexity index is 2150. The lowest BCUT2D eigenvalue weighted by Gasteiger charge is -2.29. The Morgan fingerprint density at radius 3 is 2.51 bits per heavy atom. The number of nitrogens with one attached hydrogen (secondary N) is 3. The molecule has 5 atom stereocenters. The van der Waals surface area contributed by atoms with Crippen molar-refractivity contribution in [3.63, 3.8) is 0 Å². The molecule has 0 spiro atoms. The molecule has 0 unspecified atom stereocenters. The first-order chi connectivity index (χ1) is 28.3. The number of fused-ring (bicyclic) bond motifs is 3. The molecule has 4 amide bonds. The van der Waals surface area contributed by atoms with Gasteiger partial charge in [-0.25, -0.2) is 19.6 Å². The van der Waals surface area contributed by atoms with E-state index < -0.39 is 47.6 Å². The highest BCUT2D eigenvalue weighted by molar-refractivity contribution is 7.14. The van der Waals surface area contributed by atoms with Crippen LogP contribution in [-0.2, 0) is 23.9 Å². The van der Waals surface area contributed by atoms with E-state index in [-0.39, 0.29) is 43.2 Å². The van der Waals surface area contributed by atoms with Crippen LogP contribution >= 0.6 is 11.3 Å². The number of amides is 4. The van der Waals surface area contributed by atoms with E-state index in [0.29, 0.717) is 51.8 Å². The Hall–Kier alpha value is -5.25. The van der Waals surface area contributed by atoms with Gasteiger partial charge in [-0.05, 0) is 76.8 Å². The smallest absolute Gasteiger partial charge is 0.408 e. The number of alkyl carbamates (subject to hydrolysis) is 1. The number of thiazole rings is 1. The second-order valence-electron chi connectivity index (χ2n) is 16.6. The summed E-state index contributed by atoms with van der Waals surface area (Å²) in [5, 5.41) is 21.7. The Labute approximate surface area is 347 Å². The lowest BCUT2D eigenvalue weighted by molar-refractivity contribution is -0.145. The van der Waals surface area contributed by atoms with Gasteiger partial charge in [0.15, 0.2) is 5.13 Å². The summed E-state index contributed by atoms with van der Waals surface area (Å²) in [4.78, 5) is 78.3. The highest BCUT2D eigenvalue weighted by atomic mass is 32.1. The maximum atomic E-state index is 14.6. The zero-order valence-electron chi connectivity index (χ0n) is 34.3. The molecule has 316 valence electrons. The molecule has 1 aromatic carbocycles. The van der Waals surface area contributed by atoms with Gasteiger partial charge in [0.2, 0.25) is 17.7 Å². The lowest BCUT2D eigenvalue weighted by atomic mass is 10.0. The minimum absolute atomic E-state index is 0.00841. The van der Waals surface area contributed by atoms with E-state index >= 15 is 0 Å². The number of methoxy groups -OCH3 is 1. The van der Waals surface area contributed by atoms with E-state index in [9.17, 15) is 29.1 Å². The number of carbonyl (C=O) groups is 5. The fraction of sp³-hybridized carbons (Fsp3) is 0.558. The van der Waals surface area contributed by atoms with Crippen molar-refractivity contribution in [3.8, 4) is 22.9 Å². The third-order valence-corrected chi connectivity index (χ3v) is 12.7. The summed E-state index contributed by atoms with van der Waals surface area (Å²) in [5.41, 5.74) is 1.74. The van der Waals surface area contributed by atoms with Gasteiger partial charge in [0.25, 0.3) is 0 Å². The monoisotopic (exact) mass is 830 g/mol. The number of carboxylic acids is 1. The van der Waals surface area contributed by atoms with Gasteiger partial charge in [-0.2, -0.15) is 0 Å². The molecule has 0 bridgehead atoms. The summed E-state index contributed by atoms with van der Waals surface area (Å²) in [5.74, 6) is -1.86. The predicted octanol–water partition coefficient (Wildman–Crippen LogP) is 6.44. The predicted molar refractivity (Wildman–Crippen MR) is 221 cm³/mol. The zero-order valence-corrected chi connectivity index (χ0v) is 35.1. The average Bonchev–Trinajstić information content (AvgIpc) is 3.62. The van der Waals surface area contributed by atoms with Crippen molar-refractivity contribution in [1.29, 1.82) is 0 Å². The largest absolute Gasteiger partial charge is 0.496 e. The van der Waals surface area contributed by atoms with Gasteiger partial charge in [-0.3, -0.25) is 14.4 Å². The summed E-state index contributed by atoms with van der Waals surface area (Å²) in [7, 11) is 1.60. The van der Waals surface area contributed by atoms with E-state index in [0.717, 1.165) is 56.1 Å². The number of aryl methyl sites for hydroxylation is 2. The molecule has 4 aliphatic rings. The van der Waals surface area contributed by atoms with Crippen molar-refractivity contribution in [1.82, 2.24) is 25.5 Å². The number of allylic oxidation sites excluding steroid dienone is 1. The van der Waals surface area contributed by atoms with E-state index in [2.05, 4.69) is 20.9 Å². The van der Waals surface area contributed by atoms with Crippen molar-refractivity contribution >= 4 is 57.2 Å². The number of benzene rings is 1. The Morgan fingerprint density at radius 1 is 1.02 bits per heavy atom. The van der Waals surface area contributed by atoms with E-state index in [1.54, 1.807) is 32.4 Å². The highest BCUT2D eigenvalue weighted by Gasteiger charge is 2.61. The van der Waals surface area contributed by atoms with Crippen LogP contribution in [0.5, 0.6) is 11.5 Å². The van der Waals surface area contributed by atoms with Crippen LogP contribution in [-0.4, -0.2) is 93.2 Å². The van der Waals surface area contributed by atoms with Gasteiger partial charge >= 0.3 is 12.1 Å². The number of aromatic nitrogens is 2. The molecular weight excluding hydrogens is 777 g/mol. The van der Waals surface area contributed by atoms with Crippen molar-refractivity contribution in [2.75, 3.05) is 19.0 Å². The van der Waals surface area contributed by atoms with E-state index in [1.807, 2.05) is 32.1 Å². The summed E-state index contributed by atoms with van der Waals surface area (Å²) in [6.45, 7) is 7.42. The van der Waals surface area contributed by atoms with Crippen molar-refractivity contribution < 1.29 is 43.3 Å². The van der Waals surface area contributed by atoms with Crippen molar-refractivity contribution in [2.45, 2.75) is 128 Å². The molecule has 2 aliphatic heterocycles. The molecule has 2 aliphatic carbocycles. The maximum Gasteiger partial charge on any atom is 0.408 e. The minimum atomic E-state index is -1.48. The van der Waals surface area contributed by atoms with Crippen LogP contribution in [0.3, 0.4) is 0 Å². The third kappa shape index (κ3) is 9.02. The molecule has 15 nitrogen and oxygen atoms in total. The first kappa shape index (κ1) is 41.9. The number of carboxylic acid groups (broad SMARTS) is 1. The highest BCUT2D eigenvalue weighted by Crippen LogP contribution is 2.46. The molecule has 16 heteroatoms. The van der Waals surface area contributed by atoms with E-state index in [1.165, 1.54) is 16.2 Å². The molecule has 3 aromatic rings. The fourth-order valence-electron chi connectivity index (χ4n) is 8.54. The normalized spacial score (nSPS) is 25.6. The molecular formula is C43H54N6O9S. The molecule has 4 N–H and O–H groups in total. The molecule has 7 rings (SSSR count). The second-order valence-corrected chi connectivity index (χ2v) is 17.4. The maximum absolute atomic E-state index is 14.6. The van der Waals surface area contributed by atoms with Gasteiger partial charge in [0.1, 0.15) is 47.0 Å². The summed E-state index contributed by atoms with van der Waals surface area (Å²) in [6.07, 6.45) is 9.39. The third-order valence-electron chi connectivity index (χ3n) is 11.9. The molecule has 59 heavy (non-hydrogen) atoms. The van der Waals surface area contributed by atoms with Crippen LogP contribution in [0.2, 0.25) is 0 Å². The number of hydrogen-bond donors (Lipinski definition) is 4. The molecule has 1 saturated heterocycles. The van der Waals surface area contributed by atoms with Gasteiger partial charge in [0, 0.05) is 40.7 Å². The Kier molecular flexibility index (Phi) is 12.5. The van der Waals surface area contributed by atoms with Crippen LogP contribution in [0.25, 0.3) is 22.3 Å². The van der Waals surface area contributed by atoms with Gasteiger partial charge in [0.05, 0.1) is 24.9 Å². The number of rotatable bonds is 9. The van der Waals surface area contributed by atoms with Crippen LogP contribution in [0.1, 0.15) is 95.6 Å². The standard InChI is InChI=1S/C43H54N6O9S/c1-23(2)37(50)47-41-45-32(22-59-41)31-19-34(29-17-24(3)36(56-5)25(4)35(29)44-31)57-28-18-33-38(51)48-43(40(53)54)20-26(43)13-9-7-6-8-10-16-30(39(52)49(33)21-28)46-42(55)58-27-14-11-12-15-27/h9,13,17,19,22-23,26-28,30,33H,6-8,10-12,14-16,18,20-21H2,1-5H3,(H,46,55)(H,48,51)(H,53,54)(H,45,47,50)/b13-9-/t26-,28+,30+,33-,43+/m0/s1. The van der Waals surface area contributed by atoms with Crippen LogP contribution in [0.4, 0.5) is 9.93 Å². The second kappa shape index (κ2) is 17.5. The van der Waals surface area contributed by atoms with Crippen LogP contribution in [0.15, 0.2) is 29.7 Å². The summed E-state index contributed by atoms with van der Waals surface area (Å²) < 4.78 is 18.2. The lowest BCUT2D eigenvalue weighted by Crippen LogP contribution is -2.56. The number of nitrogens with zero attached hydrogens (tertiary/aromatic N) is 3. The first-order valence-corrected chi connectivity index (χ1v) is 21.6. The fourth-order valence-corrected chi connectivity index (χ4v) is 9.25. The topological polar surface area (TPSA) is 198 Å². The van der Waals surface area contributed by atoms with Crippen LogP contribution in [0, 0.1) is 25.7 Å². The van der Waals surface area contributed by atoms with Gasteiger partial charge in [-0.15, -0.1) is 11.3 Å². The number of ether oxygens (including phenoxy) is 3. The average molecular weight is 831 g/mol. The van der Waals surface area contributed by atoms with Crippen molar-refractivity contribution in [2.24, 2.45) is 11.8 Å². The minimum Gasteiger partial charge on any atom is -0.496 e. The molecule has 2 aromatic heterocycles. The van der Waals surface area contributed by atoms with Crippen LogP contribution < -0.4 is 25.4 Å².